The van der Waals surface area contributed by atoms with Crippen LogP contribution in [0.5, 0.6) is 0 Å². The largest absolute Gasteiger partial charge is 0.379 e. The Kier molecular flexibility index (Phi) is 11.3. The fourth-order valence-corrected chi connectivity index (χ4v) is 6.60. The molecule has 0 aromatic rings. The summed E-state index contributed by atoms with van der Waals surface area (Å²) >= 11 is 0. The van der Waals surface area contributed by atoms with E-state index in [4.69, 9.17) is 15.9 Å². The van der Waals surface area contributed by atoms with Gasteiger partial charge in [-0.1, -0.05) is 0 Å². The average Bonchev–Trinajstić information content (AvgIpc) is 3.84. The van der Waals surface area contributed by atoms with Gasteiger partial charge in [0.05, 0.1) is 19.6 Å². The molecule has 0 aromatic carbocycles. The lowest BCUT2D eigenvalue weighted by molar-refractivity contribution is -0.136. The van der Waals surface area contributed by atoms with Crippen molar-refractivity contribution in [2.75, 3.05) is 59.0 Å². The van der Waals surface area contributed by atoms with E-state index in [1.807, 2.05) is 0 Å². The van der Waals surface area contributed by atoms with Gasteiger partial charge in [-0.15, -0.1) is 0 Å². The number of amides is 4. The number of nitrogens with one attached hydrogen (secondary N) is 5. The van der Waals surface area contributed by atoms with Crippen LogP contribution in [0, 0.1) is 11.3 Å². The highest BCUT2D eigenvalue weighted by Crippen LogP contribution is 2.27. The van der Waals surface area contributed by atoms with E-state index in [9.17, 15) is 27.6 Å². The van der Waals surface area contributed by atoms with Crippen LogP contribution < -0.4 is 26.5 Å². The summed E-state index contributed by atoms with van der Waals surface area (Å²) in [5.41, 5.74) is 8.07. The SMILES string of the molecule is N=C(N)N1CCC[C@@H](CNC(=O)C[C@H](NS(=O)(=O)N2CCOCC2)C(=O)N(CCNC(=O)C2=NNC(=O)CC2)C2CC2)C1. The van der Waals surface area contributed by atoms with E-state index in [2.05, 4.69) is 25.9 Å². The third-order valence-corrected chi connectivity index (χ3v) is 9.44. The number of nitrogens with two attached hydrogens (primary N) is 1. The van der Waals surface area contributed by atoms with Gasteiger partial charge in [0.25, 0.3) is 16.1 Å². The van der Waals surface area contributed by atoms with Gasteiger partial charge in [-0.3, -0.25) is 24.6 Å². The summed E-state index contributed by atoms with van der Waals surface area (Å²) in [4.78, 5) is 53.9. The van der Waals surface area contributed by atoms with Crippen molar-refractivity contribution >= 4 is 45.5 Å². The summed E-state index contributed by atoms with van der Waals surface area (Å²) in [6.45, 7) is 2.40. The van der Waals surface area contributed by atoms with E-state index in [0.717, 1.165) is 25.7 Å². The van der Waals surface area contributed by atoms with Gasteiger partial charge in [0.15, 0.2) is 5.96 Å². The number of hydrogen-bond donors (Lipinski definition) is 6. The molecular weight excluding hydrogens is 584 g/mol. The monoisotopic (exact) mass is 626 g/mol. The molecule has 4 rings (SSSR count). The van der Waals surface area contributed by atoms with Crippen molar-refractivity contribution in [1.29, 1.82) is 5.41 Å². The second-order valence-corrected chi connectivity index (χ2v) is 12.8. The number of ether oxygens (including phenoxy) is 1. The zero-order valence-electron chi connectivity index (χ0n) is 24.2. The number of likely N-dealkylation sites (tertiary alicyclic amines) is 1. The summed E-state index contributed by atoms with van der Waals surface area (Å²) in [7, 11) is -4.11. The van der Waals surface area contributed by atoms with E-state index < -0.39 is 40.4 Å². The Hall–Kier alpha value is -3.35. The predicted molar refractivity (Wildman–Crippen MR) is 155 cm³/mol. The van der Waals surface area contributed by atoms with Gasteiger partial charge in [-0.05, 0) is 31.6 Å². The van der Waals surface area contributed by atoms with Gasteiger partial charge >= 0.3 is 0 Å². The highest BCUT2D eigenvalue weighted by atomic mass is 32.2. The molecule has 4 amide bonds. The normalized spacial score (nSPS) is 22.1. The van der Waals surface area contributed by atoms with Crippen molar-refractivity contribution in [1.82, 2.24) is 34.9 Å². The number of morpholine rings is 1. The topological polar surface area (TPSA) is 232 Å². The first-order valence-electron chi connectivity index (χ1n) is 14.7. The molecule has 1 aliphatic carbocycles. The summed E-state index contributed by atoms with van der Waals surface area (Å²) < 4.78 is 35.3. The Bertz CT molecular complexity index is 1200. The van der Waals surface area contributed by atoms with Crippen LogP contribution in [0.2, 0.25) is 0 Å². The molecule has 0 bridgehead atoms. The lowest BCUT2D eigenvalue weighted by Crippen LogP contribution is -2.56. The molecule has 43 heavy (non-hydrogen) atoms. The molecule has 3 aliphatic heterocycles. The predicted octanol–water partition coefficient (Wildman–Crippen LogP) is -2.99. The lowest BCUT2D eigenvalue weighted by atomic mass is 9.98. The maximum Gasteiger partial charge on any atom is 0.280 e. The first kappa shape index (κ1) is 32.6. The van der Waals surface area contributed by atoms with E-state index in [1.54, 1.807) is 4.90 Å². The van der Waals surface area contributed by atoms with Gasteiger partial charge in [-0.25, -0.2) is 5.43 Å². The zero-order chi connectivity index (χ0) is 31.0. The maximum atomic E-state index is 13.8. The lowest BCUT2D eigenvalue weighted by Gasteiger charge is -2.33. The minimum absolute atomic E-state index is 0.0194. The number of guanidine groups is 1. The molecule has 1 saturated carbocycles. The summed E-state index contributed by atoms with van der Waals surface area (Å²) in [5, 5.41) is 17.0. The molecule has 3 heterocycles. The average molecular weight is 627 g/mol. The van der Waals surface area contributed by atoms with Gasteiger partial charge < -0.3 is 30.9 Å². The van der Waals surface area contributed by atoms with Crippen LogP contribution >= 0.6 is 0 Å². The smallest absolute Gasteiger partial charge is 0.280 e. The Labute approximate surface area is 250 Å². The van der Waals surface area contributed by atoms with Crippen LogP contribution in [0.15, 0.2) is 5.10 Å². The number of carbonyl (C=O) groups is 4. The molecule has 2 atom stereocenters. The molecule has 0 unspecified atom stereocenters. The molecule has 0 spiro atoms. The van der Waals surface area contributed by atoms with Crippen LogP contribution in [0.1, 0.15) is 44.9 Å². The van der Waals surface area contributed by atoms with Crippen molar-refractivity contribution in [2.45, 2.75) is 57.0 Å². The first-order valence-corrected chi connectivity index (χ1v) is 16.1. The fraction of sp³-hybridized carbons (Fsp3) is 0.760. The molecule has 0 radical (unpaired) electrons. The number of rotatable bonds is 13. The Balaban J connectivity index is 1.39. The maximum absolute atomic E-state index is 13.8. The van der Waals surface area contributed by atoms with Gasteiger partial charge in [0.1, 0.15) is 11.8 Å². The number of hydrazone groups is 1. The third kappa shape index (κ3) is 9.57. The van der Waals surface area contributed by atoms with Crippen LogP contribution in [0.25, 0.3) is 0 Å². The van der Waals surface area contributed by atoms with E-state index in [-0.39, 0.29) is 81.8 Å². The van der Waals surface area contributed by atoms with Crippen molar-refractivity contribution < 1.29 is 32.3 Å². The van der Waals surface area contributed by atoms with Crippen LogP contribution in [-0.4, -0.2) is 129 Å². The van der Waals surface area contributed by atoms with Gasteiger partial charge in [-0.2, -0.15) is 22.5 Å². The van der Waals surface area contributed by atoms with Crippen LogP contribution in [0.3, 0.4) is 0 Å². The van der Waals surface area contributed by atoms with Crippen LogP contribution in [0.4, 0.5) is 0 Å². The molecule has 17 nitrogen and oxygen atoms in total. The van der Waals surface area contributed by atoms with E-state index >= 15 is 0 Å². The van der Waals surface area contributed by atoms with Crippen molar-refractivity contribution in [3.05, 3.63) is 0 Å². The fourth-order valence-electron chi connectivity index (χ4n) is 5.28. The van der Waals surface area contributed by atoms with Gasteiger partial charge in [0.2, 0.25) is 17.7 Å². The number of piperidine rings is 1. The molecular formula is C25H42N10O7S. The van der Waals surface area contributed by atoms with Crippen molar-refractivity contribution in [2.24, 2.45) is 16.8 Å². The molecule has 7 N–H and O–H groups in total. The molecule has 3 fully saturated rings. The van der Waals surface area contributed by atoms with Crippen molar-refractivity contribution in [3.63, 3.8) is 0 Å². The van der Waals surface area contributed by atoms with Crippen LogP contribution in [-0.2, 0) is 34.1 Å². The highest BCUT2D eigenvalue weighted by Gasteiger charge is 2.39. The number of nitrogens with zero attached hydrogens (tertiary/aromatic N) is 4. The Morgan fingerprint density at radius 1 is 1.14 bits per heavy atom. The second-order valence-electron chi connectivity index (χ2n) is 11.1. The summed E-state index contributed by atoms with van der Waals surface area (Å²) in [6.07, 6.45) is 3.08. The highest BCUT2D eigenvalue weighted by molar-refractivity contribution is 7.87. The molecule has 2 saturated heterocycles. The quantitative estimate of drug-likeness (QED) is 0.0902. The van der Waals surface area contributed by atoms with Gasteiger partial charge in [0, 0.05) is 64.7 Å². The Morgan fingerprint density at radius 2 is 1.88 bits per heavy atom. The Morgan fingerprint density at radius 3 is 2.53 bits per heavy atom. The minimum Gasteiger partial charge on any atom is -0.379 e. The molecule has 0 aromatic heterocycles. The molecule has 240 valence electrons. The first-order chi connectivity index (χ1) is 20.5. The minimum atomic E-state index is -4.11. The summed E-state index contributed by atoms with van der Waals surface area (Å²) in [6, 6.07) is -1.49. The molecule has 18 heteroatoms. The second kappa shape index (κ2) is 14.9. The molecule has 4 aliphatic rings. The number of carbonyl (C=O) groups excluding carboxylic acids is 4. The standard InChI is InChI=1S/C25H42N10O7S/c26-25(27)33-8-1-2-17(16-33)15-29-22(37)14-20(32-43(40,41)34-10-12-42-13-11-34)24(39)35(18-3-4-18)9-7-28-23(38)19-5-6-21(36)31-30-19/h17-18,20,32H,1-16H2,(H3,26,27)(H,28,38)(H,29,37)(H,31,36)/t17-,20-/m0/s1. The van der Waals surface area contributed by atoms with Crippen molar-refractivity contribution in [3.8, 4) is 0 Å². The van der Waals surface area contributed by atoms with E-state index in [0.29, 0.717) is 19.6 Å². The number of hydrogen-bond acceptors (Lipinski definition) is 9. The summed E-state index contributed by atoms with van der Waals surface area (Å²) in [5.74, 6) is -1.72. The van der Waals surface area contributed by atoms with E-state index in [1.165, 1.54) is 9.21 Å². The third-order valence-electron chi connectivity index (χ3n) is 7.81. The zero-order valence-corrected chi connectivity index (χ0v) is 25.0.